The van der Waals surface area contributed by atoms with Gasteiger partial charge < -0.3 is 0 Å². The highest BCUT2D eigenvalue weighted by atomic mass is 16.2. The summed E-state index contributed by atoms with van der Waals surface area (Å²) < 4.78 is 0. The molecule has 0 heterocycles. The van der Waals surface area contributed by atoms with E-state index in [4.69, 9.17) is 0 Å². The molecule has 0 radical (unpaired) electrons. The molecule has 1 aliphatic rings. The van der Waals surface area contributed by atoms with Crippen molar-refractivity contribution in [2.75, 3.05) is 0 Å². The Bertz CT molecular complexity index is 312. The lowest BCUT2D eigenvalue weighted by atomic mass is 9.96. The summed E-state index contributed by atoms with van der Waals surface area (Å²) in [4.78, 5) is 23.0. The highest BCUT2D eigenvalue weighted by molar-refractivity contribution is 6.13. The molecule has 0 aromatic carbocycles. The summed E-state index contributed by atoms with van der Waals surface area (Å²) >= 11 is 0. The van der Waals surface area contributed by atoms with E-state index in [2.05, 4.69) is 13.0 Å². The van der Waals surface area contributed by atoms with E-state index in [1.165, 1.54) is 46.0 Å². The predicted octanol–water partition coefficient (Wildman–Crippen LogP) is 3.84. The minimum absolute atomic E-state index is 0.0160. The SMILES string of the molecule is CCCCCCC/C=C1/CC1(C(C)=O)C(C)=O. The van der Waals surface area contributed by atoms with Crippen molar-refractivity contribution in [2.24, 2.45) is 5.41 Å². The van der Waals surface area contributed by atoms with E-state index in [1.807, 2.05) is 0 Å². The van der Waals surface area contributed by atoms with Crippen LogP contribution in [-0.4, -0.2) is 11.6 Å². The summed E-state index contributed by atoms with van der Waals surface area (Å²) in [5, 5.41) is 0. The van der Waals surface area contributed by atoms with E-state index in [0.717, 1.165) is 12.0 Å². The number of unbranched alkanes of at least 4 members (excludes halogenated alkanes) is 5. The molecule has 96 valence electrons. The first kappa shape index (κ1) is 14.1. The van der Waals surface area contributed by atoms with Gasteiger partial charge in [-0.2, -0.15) is 0 Å². The molecule has 17 heavy (non-hydrogen) atoms. The second-order valence-corrected chi connectivity index (χ2v) is 5.13. The van der Waals surface area contributed by atoms with E-state index in [-0.39, 0.29) is 11.6 Å². The minimum Gasteiger partial charge on any atom is -0.299 e. The molecule has 0 saturated heterocycles. The average Bonchev–Trinajstić information content (AvgIpc) is 2.99. The van der Waals surface area contributed by atoms with Crippen molar-refractivity contribution >= 4 is 11.6 Å². The van der Waals surface area contributed by atoms with E-state index >= 15 is 0 Å². The quantitative estimate of drug-likeness (QED) is 0.364. The number of ketones is 2. The van der Waals surface area contributed by atoms with E-state index < -0.39 is 5.41 Å². The number of allylic oxidation sites excluding steroid dienone is 2. The first-order valence-corrected chi connectivity index (χ1v) is 6.77. The van der Waals surface area contributed by atoms with Gasteiger partial charge in [-0.1, -0.05) is 44.3 Å². The highest BCUT2D eigenvalue weighted by Gasteiger charge is 2.56. The van der Waals surface area contributed by atoms with Crippen molar-refractivity contribution in [3.05, 3.63) is 11.6 Å². The van der Waals surface area contributed by atoms with Crippen molar-refractivity contribution in [1.82, 2.24) is 0 Å². The van der Waals surface area contributed by atoms with Crippen molar-refractivity contribution in [3.8, 4) is 0 Å². The molecule has 0 spiro atoms. The Morgan fingerprint density at radius 3 is 2.18 bits per heavy atom. The molecule has 0 aromatic heterocycles. The minimum atomic E-state index is -0.705. The van der Waals surface area contributed by atoms with Crippen molar-refractivity contribution in [2.45, 2.75) is 65.7 Å². The van der Waals surface area contributed by atoms with Gasteiger partial charge in [0.2, 0.25) is 0 Å². The molecular formula is C15H24O2. The average molecular weight is 236 g/mol. The third-order valence-electron chi connectivity index (χ3n) is 3.78. The fourth-order valence-corrected chi connectivity index (χ4v) is 2.46. The molecule has 0 atom stereocenters. The van der Waals surface area contributed by atoms with Gasteiger partial charge in [-0.25, -0.2) is 0 Å². The fraction of sp³-hybridized carbons (Fsp3) is 0.733. The summed E-state index contributed by atoms with van der Waals surface area (Å²) in [6, 6.07) is 0. The maximum atomic E-state index is 11.5. The molecule has 1 rings (SSSR count). The highest BCUT2D eigenvalue weighted by Crippen LogP contribution is 2.53. The Balaban J connectivity index is 2.34. The number of rotatable bonds is 8. The van der Waals surface area contributed by atoms with Gasteiger partial charge in [0.1, 0.15) is 17.0 Å². The number of Topliss-reactive ketones (excluding diaryl/α,β-unsaturated/α-hetero) is 2. The van der Waals surface area contributed by atoms with Crippen LogP contribution >= 0.6 is 0 Å². The zero-order chi connectivity index (χ0) is 12.9. The van der Waals surface area contributed by atoms with E-state index in [9.17, 15) is 9.59 Å². The van der Waals surface area contributed by atoms with Gasteiger partial charge in [0, 0.05) is 0 Å². The Morgan fingerprint density at radius 2 is 1.71 bits per heavy atom. The van der Waals surface area contributed by atoms with Crippen LogP contribution < -0.4 is 0 Å². The van der Waals surface area contributed by atoms with Crippen molar-refractivity contribution < 1.29 is 9.59 Å². The fourth-order valence-electron chi connectivity index (χ4n) is 2.46. The Labute approximate surface area is 104 Å². The molecule has 1 aliphatic carbocycles. The lowest BCUT2D eigenvalue weighted by molar-refractivity contribution is -0.131. The molecular weight excluding hydrogens is 212 g/mol. The lowest BCUT2D eigenvalue weighted by Gasteiger charge is -2.04. The van der Waals surface area contributed by atoms with Gasteiger partial charge in [0.15, 0.2) is 0 Å². The molecule has 1 saturated carbocycles. The summed E-state index contributed by atoms with van der Waals surface area (Å²) in [5.74, 6) is 0.0319. The van der Waals surface area contributed by atoms with Gasteiger partial charge in [0.05, 0.1) is 0 Å². The second kappa shape index (κ2) is 6.13. The number of hydrogen-bond donors (Lipinski definition) is 0. The Hall–Kier alpha value is -0.920. The number of carbonyl (C=O) groups is 2. The van der Waals surface area contributed by atoms with Crippen LogP contribution in [0.2, 0.25) is 0 Å². The smallest absolute Gasteiger partial charge is 0.147 e. The van der Waals surface area contributed by atoms with Crippen LogP contribution in [0.1, 0.15) is 65.7 Å². The molecule has 0 aliphatic heterocycles. The second-order valence-electron chi connectivity index (χ2n) is 5.13. The van der Waals surface area contributed by atoms with Crippen LogP contribution in [0.4, 0.5) is 0 Å². The van der Waals surface area contributed by atoms with Gasteiger partial charge >= 0.3 is 0 Å². The third-order valence-corrected chi connectivity index (χ3v) is 3.78. The zero-order valence-corrected chi connectivity index (χ0v) is 11.3. The van der Waals surface area contributed by atoms with Crippen LogP contribution in [0, 0.1) is 5.41 Å². The van der Waals surface area contributed by atoms with Crippen LogP contribution in [-0.2, 0) is 9.59 Å². The van der Waals surface area contributed by atoms with Crippen molar-refractivity contribution in [3.63, 3.8) is 0 Å². The molecule has 1 fully saturated rings. The van der Waals surface area contributed by atoms with Gasteiger partial charge in [0.25, 0.3) is 0 Å². The Morgan fingerprint density at radius 1 is 1.12 bits per heavy atom. The summed E-state index contributed by atoms with van der Waals surface area (Å²) in [6.07, 6.45) is 10.1. The zero-order valence-electron chi connectivity index (χ0n) is 11.3. The van der Waals surface area contributed by atoms with Crippen LogP contribution in [0.25, 0.3) is 0 Å². The largest absolute Gasteiger partial charge is 0.299 e. The molecule has 2 heteroatoms. The topological polar surface area (TPSA) is 34.1 Å². The van der Waals surface area contributed by atoms with E-state index in [0.29, 0.717) is 6.42 Å². The monoisotopic (exact) mass is 236 g/mol. The van der Waals surface area contributed by atoms with Crippen molar-refractivity contribution in [1.29, 1.82) is 0 Å². The van der Waals surface area contributed by atoms with E-state index in [1.54, 1.807) is 0 Å². The number of hydrogen-bond acceptors (Lipinski definition) is 2. The number of carbonyl (C=O) groups excluding carboxylic acids is 2. The van der Waals surface area contributed by atoms with Crippen LogP contribution in [0.3, 0.4) is 0 Å². The first-order chi connectivity index (χ1) is 8.05. The molecule has 0 bridgehead atoms. The maximum absolute atomic E-state index is 11.5. The third kappa shape index (κ3) is 3.27. The van der Waals surface area contributed by atoms with Gasteiger partial charge in [-0.05, 0) is 33.1 Å². The van der Waals surface area contributed by atoms with Gasteiger partial charge in [-0.15, -0.1) is 0 Å². The summed E-state index contributed by atoms with van der Waals surface area (Å²) in [7, 11) is 0. The normalized spacial score (nSPS) is 19.4. The first-order valence-electron chi connectivity index (χ1n) is 6.77. The summed E-state index contributed by atoms with van der Waals surface area (Å²) in [5.41, 5.74) is 0.358. The summed E-state index contributed by atoms with van der Waals surface area (Å²) in [6.45, 7) is 5.27. The van der Waals surface area contributed by atoms with Crippen LogP contribution in [0.5, 0.6) is 0 Å². The van der Waals surface area contributed by atoms with Gasteiger partial charge in [-0.3, -0.25) is 9.59 Å². The molecule has 2 nitrogen and oxygen atoms in total. The standard InChI is InChI=1S/C15H24O2/c1-4-5-6-7-8-9-10-14-11-15(14,12(2)16)13(3)17/h10H,4-9,11H2,1-3H3/b14-10-. The molecule has 0 unspecified atom stereocenters. The lowest BCUT2D eigenvalue weighted by Crippen LogP contribution is -2.21. The molecule has 0 amide bonds. The Kier molecular flexibility index (Phi) is 5.10. The van der Waals surface area contributed by atoms with Crippen LogP contribution in [0.15, 0.2) is 11.6 Å². The molecule has 0 aromatic rings. The maximum Gasteiger partial charge on any atom is 0.147 e. The predicted molar refractivity (Wildman–Crippen MR) is 69.9 cm³/mol. The molecule has 0 N–H and O–H groups in total.